The van der Waals surface area contributed by atoms with E-state index in [1.165, 1.54) is 23.3 Å². The summed E-state index contributed by atoms with van der Waals surface area (Å²) in [5, 5.41) is -0.272. The lowest BCUT2D eigenvalue weighted by Crippen LogP contribution is -2.68. The van der Waals surface area contributed by atoms with Crippen molar-refractivity contribution in [2.24, 2.45) is 5.92 Å². The van der Waals surface area contributed by atoms with Gasteiger partial charge in [-0.25, -0.2) is 3.89 Å². The van der Waals surface area contributed by atoms with Crippen molar-refractivity contribution in [1.82, 2.24) is 4.90 Å². The van der Waals surface area contributed by atoms with Crippen molar-refractivity contribution in [3.8, 4) is 0 Å². The first-order valence-electron chi connectivity index (χ1n) is 12.5. The Kier molecular flexibility index (Phi) is 6.29. The van der Waals surface area contributed by atoms with Crippen LogP contribution >= 0.6 is 0 Å². The monoisotopic (exact) mass is 507 g/mol. The number of alkyl halides is 3. The molecule has 2 aromatic rings. The van der Waals surface area contributed by atoms with E-state index in [1.807, 2.05) is 19.2 Å². The van der Waals surface area contributed by atoms with Crippen molar-refractivity contribution in [2.45, 2.75) is 57.0 Å². The van der Waals surface area contributed by atoms with Gasteiger partial charge in [0.2, 0.25) is 0 Å². The van der Waals surface area contributed by atoms with Gasteiger partial charge in [-0.3, -0.25) is 4.90 Å². The first-order chi connectivity index (χ1) is 16.4. The number of fused-ring (bicyclic) bond motifs is 1. The van der Waals surface area contributed by atoms with Crippen LogP contribution in [0.25, 0.3) is 0 Å². The third-order valence-corrected chi connectivity index (χ3v) is 10.8. The summed E-state index contributed by atoms with van der Waals surface area (Å²) in [6.45, 7) is 5.49. The molecule has 190 valence electrons. The van der Waals surface area contributed by atoms with E-state index in [2.05, 4.69) is 17.0 Å². The number of hydrogen-bond acceptors (Lipinski definition) is 3. The van der Waals surface area contributed by atoms with Crippen LogP contribution in [-0.4, -0.2) is 55.7 Å². The SMILES string of the molecule is CC1C[N+](C)(C[C@H]2Cc3ccc(Cc4cc(CN5CCCC5)cc(C(F)(F)F)c4)cc3C2)S1(=O)=O. The average molecular weight is 508 g/mol. The third kappa shape index (κ3) is 4.89. The van der Waals surface area contributed by atoms with Gasteiger partial charge in [-0.1, -0.05) is 24.3 Å². The minimum Gasteiger partial charge on any atom is -0.299 e. The van der Waals surface area contributed by atoms with Crippen LogP contribution in [0.4, 0.5) is 13.2 Å². The van der Waals surface area contributed by atoms with Gasteiger partial charge in [0.05, 0.1) is 19.2 Å². The number of benzene rings is 2. The number of halogens is 3. The van der Waals surface area contributed by atoms with Crippen molar-refractivity contribution in [2.75, 3.05) is 33.2 Å². The minimum absolute atomic E-state index is 0.115. The van der Waals surface area contributed by atoms with Gasteiger partial charge in [0.15, 0.2) is 5.25 Å². The lowest BCUT2D eigenvalue weighted by molar-refractivity contribution is -0.808. The van der Waals surface area contributed by atoms with Gasteiger partial charge < -0.3 is 0 Å². The Labute approximate surface area is 206 Å². The van der Waals surface area contributed by atoms with Crippen molar-refractivity contribution in [3.05, 3.63) is 69.8 Å². The molecule has 0 amide bonds. The molecule has 0 saturated carbocycles. The van der Waals surface area contributed by atoms with E-state index in [4.69, 9.17) is 0 Å². The number of nitrogens with zero attached hydrogens (tertiary/aromatic N) is 2. The highest BCUT2D eigenvalue weighted by Gasteiger charge is 2.55. The van der Waals surface area contributed by atoms with Crippen molar-refractivity contribution in [3.63, 3.8) is 0 Å². The number of sulfonamides is 1. The average Bonchev–Trinajstić information content (AvgIpc) is 3.42. The quantitative estimate of drug-likeness (QED) is 0.528. The highest BCUT2D eigenvalue weighted by molar-refractivity contribution is 7.87. The van der Waals surface area contributed by atoms with Crippen LogP contribution < -0.4 is 0 Å². The van der Waals surface area contributed by atoms with Crippen LogP contribution in [0, 0.1) is 5.92 Å². The van der Waals surface area contributed by atoms with Gasteiger partial charge in [0.25, 0.3) is 0 Å². The molecule has 2 unspecified atom stereocenters. The Morgan fingerprint density at radius 2 is 1.66 bits per heavy atom. The molecule has 3 atom stereocenters. The highest BCUT2D eigenvalue weighted by Crippen LogP contribution is 2.37. The zero-order valence-corrected chi connectivity index (χ0v) is 21.3. The van der Waals surface area contributed by atoms with Crippen molar-refractivity contribution < 1.29 is 25.5 Å². The van der Waals surface area contributed by atoms with Gasteiger partial charge in [-0.15, -0.1) is 0 Å². The molecule has 0 spiro atoms. The highest BCUT2D eigenvalue weighted by atomic mass is 32.2. The summed E-state index contributed by atoms with van der Waals surface area (Å²) >= 11 is 0. The largest absolute Gasteiger partial charge is 0.416 e. The fourth-order valence-electron chi connectivity index (χ4n) is 6.37. The Bertz CT molecular complexity index is 1220. The molecule has 0 bridgehead atoms. The molecule has 8 heteroatoms. The molecule has 35 heavy (non-hydrogen) atoms. The number of hydrogen-bond donors (Lipinski definition) is 0. The van der Waals surface area contributed by atoms with Crippen molar-refractivity contribution >= 4 is 10.0 Å². The Hall–Kier alpha value is -1.90. The Morgan fingerprint density at radius 1 is 0.971 bits per heavy atom. The fraction of sp³-hybridized carbons (Fsp3) is 0.556. The first-order valence-corrected chi connectivity index (χ1v) is 14.0. The molecule has 5 rings (SSSR count). The molecule has 0 N–H and O–H groups in total. The van der Waals surface area contributed by atoms with Gasteiger partial charge >= 0.3 is 16.2 Å². The van der Waals surface area contributed by atoms with Crippen LogP contribution in [0.5, 0.6) is 0 Å². The summed E-state index contributed by atoms with van der Waals surface area (Å²) in [6.07, 6.45) is -0.0281. The second-order valence-electron chi connectivity index (χ2n) is 11.1. The summed E-state index contributed by atoms with van der Waals surface area (Å²) in [5.74, 6) is 0.271. The molecule has 2 aromatic carbocycles. The smallest absolute Gasteiger partial charge is 0.299 e. The zero-order chi connectivity index (χ0) is 25.0. The summed E-state index contributed by atoms with van der Waals surface area (Å²) in [7, 11) is -1.29. The lowest BCUT2D eigenvalue weighted by Gasteiger charge is -2.45. The molecular weight excluding hydrogens is 473 g/mol. The molecular formula is C27H34F3N2O2S+. The van der Waals surface area contributed by atoms with E-state index in [0.717, 1.165) is 49.9 Å². The zero-order valence-electron chi connectivity index (χ0n) is 20.4. The summed E-state index contributed by atoms with van der Waals surface area (Å²) in [4.78, 5) is 2.22. The van der Waals surface area contributed by atoms with Gasteiger partial charge in [0, 0.05) is 12.5 Å². The van der Waals surface area contributed by atoms with Gasteiger partial charge in [-0.05, 0) is 92.1 Å². The summed E-state index contributed by atoms with van der Waals surface area (Å²) in [5.41, 5.74) is 4.26. The first kappa shape index (κ1) is 24.8. The van der Waals surface area contributed by atoms with E-state index < -0.39 is 21.8 Å². The molecule has 3 aliphatic rings. The number of rotatable bonds is 6. The van der Waals surface area contributed by atoms with Gasteiger partial charge in [-0.2, -0.15) is 21.6 Å². The maximum absolute atomic E-state index is 13.6. The summed E-state index contributed by atoms with van der Waals surface area (Å²) < 4.78 is 66.0. The molecule has 0 aromatic heterocycles. The summed E-state index contributed by atoms with van der Waals surface area (Å²) in [6, 6.07) is 10.7. The number of likely N-dealkylation sites (tertiary alicyclic amines) is 1. The van der Waals surface area contributed by atoms with Crippen molar-refractivity contribution in [1.29, 1.82) is 0 Å². The number of quaternary nitrogens is 1. The minimum atomic E-state index is -4.37. The maximum Gasteiger partial charge on any atom is 0.416 e. The van der Waals surface area contributed by atoms with E-state index in [1.54, 1.807) is 6.92 Å². The molecule has 2 fully saturated rings. The van der Waals surface area contributed by atoms with Crippen LogP contribution in [0.1, 0.15) is 53.1 Å². The van der Waals surface area contributed by atoms with E-state index in [9.17, 15) is 21.6 Å². The molecule has 4 nitrogen and oxygen atoms in total. The maximum atomic E-state index is 13.6. The van der Waals surface area contributed by atoms with Crippen LogP contribution in [-0.2, 0) is 42.0 Å². The van der Waals surface area contributed by atoms with E-state index >= 15 is 0 Å². The molecule has 2 heterocycles. The molecule has 2 saturated heterocycles. The Balaban J connectivity index is 1.32. The standard InChI is InChI=1S/C27H34F3N2O2S/c1-19-17-32(2,35(19,33)34)18-23-12-24-6-5-20(11-25(24)13-23)9-21-10-22(16-31-7-3-4-8-31)15-26(14-21)27(28,29)30/h5-6,10-11,14-15,19,23H,3-4,7-9,12-13,16-18H2,1-2H3/q+1/t19?,23-,32?/m0/s1. The molecule has 1 aliphatic carbocycles. The third-order valence-electron chi connectivity index (χ3n) is 8.09. The van der Waals surface area contributed by atoms with E-state index in [-0.39, 0.29) is 15.1 Å². The van der Waals surface area contributed by atoms with Crippen LogP contribution in [0.2, 0.25) is 0 Å². The second-order valence-corrected chi connectivity index (χ2v) is 13.8. The van der Waals surface area contributed by atoms with E-state index in [0.29, 0.717) is 31.6 Å². The molecule has 2 aliphatic heterocycles. The fourth-order valence-corrected chi connectivity index (χ4v) is 8.35. The topological polar surface area (TPSA) is 37.4 Å². The second kappa shape index (κ2) is 8.89. The van der Waals surface area contributed by atoms with Gasteiger partial charge in [0.1, 0.15) is 6.54 Å². The van der Waals surface area contributed by atoms with Crippen LogP contribution in [0.15, 0.2) is 36.4 Å². The normalized spacial score (nSPS) is 28.1. The lowest BCUT2D eigenvalue weighted by atomic mass is 9.97. The van der Waals surface area contributed by atoms with Crippen LogP contribution in [0.3, 0.4) is 0 Å². The predicted octanol–water partition coefficient (Wildman–Crippen LogP) is 4.79. The predicted molar refractivity (Wildman–Crippen MR) is 130 cm³/mol. The Morgan fingerprint density at radius 3 is 2.31 bits per heavy atom. The molecule has 0 radical (unpaired) electrons.